The highest BCUT2D eigenvalue weighted by molar-refractivity contribution is 7.99. The molecule has 2 aromatic carbocycles. The highest BCUT2D eigenvalue weighted by Crippen LogP contribution is 2.19. The second-order valence-electron chi connectivity index (χ2n) is 6.04. The van der Waals surface area contributed by atoms with Gasteiger partial charge in [-0.05, 0) is 29.8 Å². The number of hydrogen-bond acceptors (Lipinski definition) is 11. The number of aromatic nitrogens is 3. The number of carbonyl (C=O) groups is 1. The van der Waals surface area contributed by atoms with E-state index in [1.54, 1.807) is 0 Å². The number of nitrogens with two attached hydrogens (primary N) is 1. The first-order valence-electron chi connectivity index (χ1n) is 8.74. The summed E-state index contributed by atoms with van der Waals surface area (Å²) in [6.07, 6.45) is 1.42. The van der Waals surface area contributed by atoms with Crippen LogP contribution in [0.5, 0.6) is 0 Å². The van der Waals surface area contributed by atoms with Crippen LogP contribution in [0.15, 0.2) is 58.8 Å². The van der Waals surface area contributed by atoms with Crippen LogP contribution in [0.2, 0.25) is 0 Å². The summed E-state index contributed by atoms with van der Waals surface area (Å²) in [6, 6.07) is 11.2. The average Bonchev–Trinajstić information content (AvgIpc) is 3.12. The van der Waals surface area contributed by atoms with Gasteiger partial charge in [0.25, 0.3) is 17.3 Å². The van der Waals surface area contributed by atoms with Crippen LogP contribution >= 0.6 is 11.8 Å². The first-order chi connectivity index (χ1) is 15.3. The Kier molecular flexibility index (Phi) is 6.92. The molecule has 1 amide bonds. The molecule has 0 bridgehead atoms. The number of rotatable bonds is 9. The molecule has 0 aliphatic heterocycles. The number of nitro groups is 2. The number of benzene rings is 2. The van der Waals surface area contributed by atoms with E-state index < -0.39 is 9.85 Å². The number of anilines is 2. The van der Waals surface area contributed by atoms with Crippen molar-refractivity contribution in [3.8, 4) is 0 Å². The first-order valence-corrected chi connectivity index (χ1v) is 9.73. The molecule has 32 heavy (non-hydrogen) atoms. The van der Waals surface area contributed by atoms with Crippen molar-refractivity contribution in [3.05, 3.63) is 74.3 Å². The summed E-state index contributed by atoms with van der Waals surface area (Å²) < 4.78 is 1.11. The summed E-state index contributed by atoms with van der Waals surface area (Å²) in [4.78, 5) is 32.3. The molecule has 0 saturated heterocycles. The van der Waals surface area contributed by atoms with Gasteiger partial charge in [-0.15, -0.1) is 10.2 Å². The van der Waals surface area contributed by atoms with E-state index in [0.717, 1.165) is 16.4 Å². The van der Waals surface area contributed by atoms with E-state index in [1.807, 2.05) is 0 Å². The van der Waals surface area contributed by atoms with Crippen LogP contribution < -0.4 is 16.6 Å². The smallest absolute Gasteiger partial charge is 0.269 e. The maximum Gasteiger partial charge on any atom is 0.269 e. The van der Waals surface area contributed by atoms with Gasteiger partial charge in [-0.3, -0.25) is 25.0 Å². The second kappa shape index (κ2) is 9.98. The topological polar surface area (TPSA) is 196 Å². The summed E-state index contributed by atoms with van der Waals surface area (Å²) in [5.74, 6) is 5.60. The van der Waals surface area contributed by atoms with Gasteiger partial charge in [0.15, 0.2) is 0 Å². The molecule has 3 rings (SSSR count). The van der Waals surface area contributed by atoms with Crippen LogP contribution in [0.1, 0.15) is 5.56 Å². The van der Waals surface area contributed by atoms with E-state index in [-0.39, 0.29) is 34.1 Å². The fourth-order valence-corrected chi connectivity index (χ4v) is 2.95. The Labute approximate surface area is 183 Å². The first kappa shape index (κ1) is 22.2. The van der Waals surface area contributed by atoms with Gasteiger partial charge in [-0.25, -0.2) is 10.1 Å². The zero-order valence-corrected chi connectivity index (χ0v) is 16.9. The molecule has 0 radical (unpaired) electrons. The van der Waals surface area contributed by atoms with Crippen LogP contribution in [0.3, 0.4) is 0 Å². The lowest BCUT2D eigenvalue weighted by atomic mass is 10.2. The quantitative estimate of drug-likeness (QED) is 0.140. The third-order valence-corrected chi connectivity index (χ3v) is 4.78. The zero-order chi connectivity index (χ0) is 23.1. The number of hydrazone groups is 1. The minimum atomic E-state index is -0.531. The van der Waals surface area contributed by atoms with Gasteiger partial charge in [-0.2, -0.15) is 5.10 Å². The van der Waals surface area contributed by atoms with Crippen LogP contribution in [0, 0.1) is 20.2 Å². The molecule has 0 fully saturated rings. The maximum absolute atomic E-state index is 12.1. The van der Waals surface area contributed by atoms with Gasteiger partial charge in [0.05, 0.1) is 21.8 Å². The van der Waals surface area contributed by atoms with Gasteiger partial charge in [0, 0.05) is 30.0 Å². The van der Waals surface area contributed by atoms with E-state index in [1.165, 1.54) is 54.7 Å². The molecule has 4 N–H and O–H groups in total. The summed E-state index contributed by atoms with van der Waals surface area (Å²) in [5.41, 5.74) is 3.51. The van der Waals surface area contributed by atoms with Gasteiger partial charge < -0.3 is 11.2 Å². The lowest BCUT2D eigenvalue weighted by Gasteiger charge is -2.05. The highest BCUT2D eigenvalue weighted by Gasteiger charge is 2.13. The predicted octanol–water partition coefficient (Wildman–Crippen LogP) is 1.99. The Morgan fingerprint density at radius 2 is 1.66 bits per heavy atom. The number of nitrogens with one attached hydrogen (secondary N) is 2. The van der Waals surface area contributed by atoms with Crippen LogP contribution in [0.25, 0.3) is 0 Å². The van der Waals surface area contributed by atoms with Gasteiger partial charge in [0.2, 0.25) is 11.1 Å². The minimum Gasteiger partial charge on any atom is -0.334 e. The van der Waals surface area contributed by atoms with E-state index in [9.17, 15) is 25.0 Å². The predicted molar refractivity (Wildman–Crippen MR) is 117 cm³/mol. The van der Waals surface area contributed by atoms with Crippen LogP contribution in [-0.2, 0) is 4.79 Å². The lowest BCUT2D eigenvalue weighted by molar-refractivity contribution is -0.385. The fraction of sp³-hybridized carbons (Fsp3) is 0.0588. The molecule has 0 saturated carbocycles. The SMILES string of the molecule is Nn1c(N/N=C/c2ccc([N+](=O)[O-])cc2)nnc1SCC(=O)Nc1ccc([N+](=O)[O-])cc1. The fourth-order valence-electron chi connectivity index (χ4n) is 2.29. The molecule has 1 heterocycles. The molecule has 15 heteroatoms. The number of carbonyl (C=O) groups excluding carboxylic acids is 1. The van der Waals surface area contributed by atoms with Crippen molar-refractivity contribution < 1.29 is 14.6 Å². The molecule has 0 aliphatic carbocycles. The zero-order valence-electron chi connectivity index (χ0n) is 16.1. The molecule has 1 aromatic heterocycles. The van der Waals surface area contributed by atoms with E-state index >= 15 is 0 Å². The van der Waals surface area contributed by atoms with Crippen LogP contribution in [0.4, 0.5) is 23.0 Å². The average molecular weight is 457 g/mol. The molecule has 0 aliphatic rings. The Bertz CT molecular complexity index is 1160. The molecule has 0 unspecified atom stereocenters. The Morgan fingerprint density at radius 1 is 1.06 bits per heavy atom. The van der Waals surface area contributed by atoms with Gasteiger partial charge >= 0.3 is 0 Å². The normalized spacial score (nSPS) is 10.8. The molecule has 164 valence electrons. The number of nitrogen functional groups attached to an aromatic ring is 1. The standard InChI is InChI=1S/C17H15N9O5S/c18-24-16(21-19-9-11-1-5-13(6-2-11)25(28)29)22-23-17(24)32-10-15(27)20-12-3-7-14(8-4-12)26(30)31/h1-9H,10,18H2,(H,20,27)(H,21,22)/b19-9+. The summed E-state index contributed by atoms with van der Waals surface area (Å²) in [5, 5.41) is 35.8. The monoisotopic (exact) mass is 457 g/mol. The molecule has 3 aromatic rings. The third-order valence-electron chi connectivity index (χ3n) is 3.84. The minimum absolute atomic E-state index is 0.0294. The van der Waals surface area contributed by atoms with Crippen molar-refractivity contribution in [2.75, 3.05) is 22.3 Å². The Morgan fingerprint density at radius 3 is 2.25 bits per heavy atom. The molecular formula is C17H15N9O5S. The lowest BCUT2D eigenvalue weighted by Crippen LogP contribution is -2.16. The summed E-state index contributed by atoms with van der Waals surface area (Å²) in [6.45, 7) is 0. The maximum atomic E-state index is 12.1. The molecule has 0 atom stereocenters. The van der Waals surface area contributed by atoms with Crippen molar-refractivity contribution >= 4 is 46.9 Å². The van der Waals surface area contributed by atoms with Crippen LogP contribution in [-0.4, -0.2) is 42.6 Å². The number of nitro benzene ring substituents is 2. The number of nitrogens with zero attached hydrogens (tertiary/aromatic N) is 6. The number of non-ortho nitro benzene ring substituents is 2. The second-order valence-corrected chi connectivity index (χ2v) is 6.98. The van der Waals surface area contributed by atoms with Gasteiger partial charge in [0.1, 0.15) is 0 Å². The Balaban J connectivity index is 1.51. The largest absolute Gasteiger partial charge is 0.334 e. The molecular weight excluding hydrogens is 442 g/mol. The summed E-state index contributed by atoms with van der Waals surface area (Å²) in [7, 11) is 0. The Hall–Kier alpha value is -4.53. The number of amides is 1. The molecule has 14 nitrogen and oxygen atoms in total. The van der Waals surface area contributed by atoms with Crippen molar-refractivity contribution in [2.45, 2.75) is 5.16 Å². The van der Waals surface area contributed by atoms with Crippen molar-refractivity contribution in [1.29, 1.82) is 0 Å². The highest BCUT2D eigenvalue weighted by atomic mass is 32.2. The van der Waals surface area contributed by atoms with Gasteiger partial charge in [-0.1, -0.05) is 11.8 Å². The number of hydrogen-bond donors (Lipinski definition) is 3. The van der Waals surface area contributed by atoms with E-state index in [0.29, 0.717) is 11.3 Å². The van der Waals surface area contributed by atoms with E-state index in [4.69, 9.17) is 5.84 Å². The van der Waals surface area contributed by atoms with Crippen molar-refractivity contribution in [1.82, 2.24) is 14.9 Å². The molecule has 0 spiro atoms. The van der Waals surface area contributed by atoms with E-state index in [2.05, 4.69) is 26.0 Å². The number of thioether (sulfide) groups is 1. The summed E-state index contributed by atoms with van der Waals surface area (Å²) >= 11 is 1.03. The van der Waals surface area contributed by atoms with Crippen molar-refractivity contribution in [2.24, 2.45) is 5.10 Å². The third kappa shape index (κ3) is 5.76. The van der Waals surface area contributed by atoms with Crippen molar-refractivity contribution in [3.63, 3.8) is 0 Å².